The first-order chi connectivity index (χ1) is 39.7. The average Bonchev–Trinajstić information content (AvgIpc) is 3.46. The van der Waals surface area contributed by atoms with Crippen LogP contribution in [0, 0.1) is 0 Å². The normalized spacial score (nSPS) is 12.2. The number of ether oxygens (including phenoxy) is 2. The zero-order valence-electron chi connectivity index (χ0n) is 51.5. The number of nitrogens with one attached hydrogen (secondary N) is 5. The Hall–Kier alpha value is -4.42. The molecular formula is C63H115N5O13S. The van der Waals surface area contributed by atoms with Crippen LogP contribution in [0.4, 0.5) is 0 Å². The van der Waals surface area contributed by atoms with Crippen molar-refractivity contribution < 1.29 is 62.8 Å². The minimum absolute atomic E-state index is 0.0424. The molecule has 82 heavy (non-hydrogen) atoms. The van der Waals surface area contributed by atoms with E-state index in [9.17, 15) is 48.3 Å². The number of hydrogen-bond donors (Lipinski definition) is 7. The van der Waals surface area contributed by atoms with E-state index in [0.29, 0.717) is 19.3 Å². The SMILES string of the molecule is CCCCCCCCCCCCCCCC(=O)OC[C@H](CSC[C@H](NC(=O)CCCCCCCCCCCCC)C(=O)NCC(=O)NCC(=O)NCC(=O)N[C@@H](CCC(=O)O)C(=O)O)OC(=O)CCCCCCCCCCCCCCC. The van der Waals surface area contributed by atoms with Gasteiger partial charge in [0.15, 0.2) is 0 Å². The predicted octanol–water partition coefficient (Wildman–Crippen LogP) is 12.1. The van der Waals surface area contributed by atoms with Crippen molar-refractivity contribution in [3.8, 4) is 0 Å². The van der Waals surface area contributed by atoms with Crippen molar-refractivity contribution >= 4 is 65.2 Å². The number of amides is 5. The van der Waals surface area contributed by atoms with Crippen LogP contribution < -0.4 is 26.6 Å². The van der Waals surface area contributed by atoms with Gasteiger partial charge in [-0.15, -0.1) is 0 Å². The molecule has 0 fully saturated rings. The van der Waals surface area contributed by atoms with Crippen molar-refractivity contribution in [1.29, 1.82) is 0 Å². The summed E-state index contributed by atoms with van der Waals surface area (Å²) in [7, 11) is 0. The molecule has 0 aromatic rings. The standard InChI is InChI=1S/C63H115N5O13S/c1-4-7-10-13-16-19-22-24-27-30-33-36-39-42-60(75)80-49-52(81-61(76)43-40-37-34-31-28-25-23-20-17-14-11-8-5-2)50-82-51-54(68-55(69)41-38-35-32-29-26-21-18-15-12-9-6-3)62(77)66-47-57(71)64-46-56(70)65-48-58(72)67-53(63(78)79)44-45-59(73)74/h52-54H,4-51H2,1-3H3,(H,64,71)(H,65,70)(H,66,77)(H,67,72)(H,68,69)(H,73,74)(H,78,79)/t52-,53+,54+/m1/s1. The molecule has 18 nitrogen and oxygen atoms in total. The summed E-state index contributed by atoms with van der Waals surface area (Å²) >= 11 is 1.24. The third-order valence-electron chi connectivity index (χ3n) is 14.5. The van der Waals surface area contributed by atoms with E-state index in [2.05, 4.69) is 47.4 Å². The number of carboxylic acid groups (broad SMARTS) is 2. The third kappa shape index (κ3) is 52.4. The van der Waals surface area contributed by atoms with Crippen molar-refractivity contribution in [3.05, 3.63) is 0 Å². The minimum atomic E-state index is -1.48. The molecule has 0 aromatic heterocycles. The molecule has 7 N–H and O–H groups in total. The van der Waals surface area contributed by atoms with E-state index in [1.54, 1.807) is 0 Å². The van der Waals surface area contributed by atoms with Crippen LogP contribution in [0.3, 0.4) is 0 Å². The van der Waals surface area contributed by atoms with Gasteiger partial charge in [0.25, 0.3) is 0 Å². The van der Waals surface area contributed by atoms with Crippen molar-refractivity contribution in [2.75, 3.05) is 37.7 Å². The Morgan fingerprint density at radius 3 is 1.13 bits per heavy atom. The van der Waals surface area contributed by atoms with Gasteiger partial charge in [0.2, 0.25) is 29.5 Å². The van der Waals surface area contributed by atoms with Crippen molar-refractivity contribution in [1.82, 2.24) is 26.6 Å². The lowest BCUT2D eigenvalue weighted by Crippen LogP contribution is -2.51. The first-order valence-corrected chi connectivity index (χ1v) is 33.6. The molecule has 0 unspecified atom stereocenters. The molecule has 3 atom stereocenters. The topological polar surface area (TPSA) is 273 Å². The first-order valence-electron chi connectivity index (χ1n) is 32.5. The van der Waals surface area contributed by atoms with E-state index >= 15 is 0 Å². The smallest absolute Gasteiger partial charge is 0.326 e. The van der Waals surface area contributed by atoms with Gasteiger partial charge < -0.3 is 46.3 Å². The van der Waals surface area contributed by atoms with E-state index in [-0.39, 0.29) is 55.7 Å². The van der Waals surface area contributed by atoms with Crippen LogP contribution in [-0.4, -0.2) is 120 Å². The van der Waals surface area contributed by atoms with E-state index in [4.69, 9.17) is 14.6 Å². The average molecular weight is 1180 g/mol. The monoisotopic (exact) mass is 1180 g/mol. The Bertz CT molecular complexity index is 1690. The molecule has 0 aliphatic rings. The minimum Gasteiger partial charge on any atom is -0.481 e. The highest BCUT2D eigenvalue weighted by molar-refractivity contribution is 7.99. The highest BCUT2D eigenvalue weighted by Crippen LogP contribution is 2.18. The quantitative estimate of drug-likeness (QED) is 0.0220. The molecule has 5 amide bonds. The van der Waals surface area contributed by atoms with Crippen LogP contribution in [0.2, 0.25) is 0 Å². The zero-order valence-corrected chi connectivity index (χ0v) is 52.3. The molecular weight excluding hydrogens is 1070 g/mol. The fourth-order valence-corrected chi connectivity index (χ4v) is 10.5. The summed E-state index contributed by atoms with van der Waals surface area (Å²) in [4.78, 5) is 113. The fraction of sp³-hybridized carbons (Fsp3) is 0.857. The molecule has 19 heteroatoms. The summed E-state index contributed by atoms with van der Waals surface area (Å²) in [5, 5.41) is 30.2. The third-order valence-corrected chi connectivity index (χ3v) is 15.7. The second-order valence-corrected chi connectivity index (χ2v) is 23.5. The highest BCUT2D eigenvalue weighted by atomic mass is 32.2. The number of thioether (sulfide) groups is 1. The van der Waals surface area contributed by atoms with E-state index in [0.717, 1.165) is 64.2 Å². The second kappa shape index (κ2) is 57.0. The number of unbranched alkanes of at least 4 members (excludes halogenated alkanes) is 34. The molecule has 0 radical (unpaired) electrons. The Kier molecular flexibility index (Phi) is 54.0. The Balaban J connectivity index is 5.53. The molecule has 0 heterocycles. The molecule has 0 bridgehead atoms. The van der Waals surface area contributed by atoms with Crippen LogP contribution in [0.15, 0.2) is 0 Å². The van der Waals surface area contributed by atoms with Gasteiger partial charge in [-0.2, -0.15) is 11.8 Å². The number of rotatable bonds is 60. The van der Waals surface area contributed by atoms with E-state index in [1.807, 2.05) is 0 Å². The number of carbonyl (C=O) groups excluding carboxylic acids is 7. The van der Waals surface area contributed by atoms with Gasteiger partial charge in [0.05, 0.1) is 19.6 Å². The molecule has 0 saturated carbocycles. The van der Waals surface area contributed by atoms with Crippen molar-refractivity contribution in [2.24, 2.45) is 0 Å². The summed E-state index contributed by atoms with van der Waals surface area (Å²) in [5.74, 6) is -6.63. The lowest BCUT2D eigenvalue weighted by Gasteiger charge is -2.21. The lowest BCUT2D eigenvalue weighted by molar-refractivity contribution is -0.157. The molecule has 0 aliphatic carbocycles. The maximum absolute atomic E-state index is 13.6. The molecule has 476 valence electrons. The van der Waals surface area contributed by atoms with E-state index in [1.165, 1.54) is 166 Å². The van der Waals surface area contributed by atoms with Crippen LogP contribution >= 0.6 is 11.8 Å². The van der Waals surface area contributed by atoms with Gasteiger partial charge in [0, 0.05) is 37.2 Å². The predicted molar refractivity (Wildman–Crippen MR) is 327 cm³/mol. The van der Waals surface area contributed by atoms with Crippen molar-refractivity contribution in [2.45, 2.75) is 309 Å². The number of carboxylic acids is 2. The maximum Gasteiger partial charge on any atom is 0.326 e. The molecule has 0 aliphatic heterocycles. The van der Waals surface area contributed by atoms with Gasteiger partial charge in [-0.1, -0.05) is 239 Å². The summed E-state index contributed by atoms with van der Waals surface area (Å²) < 4.78 is 11.6. The van der Waals surface area contributed by atoms with Gasteiger partial charge in [0.1, 0.15) is 24.8 Å². The molecule has 0 rings (SSSR count). The first kappa shape index (κ1) is 77.6. The highest BCUT2D eigenvalue weighted by Gasteiger charge is 2.25. The van der Waals surface area contributed by atoms with Crippen LogP contribution in [0.5, 0.6) is 0 Å². The fourth-order valence-electron chi connectivity index (χ4n) is 9.45. The summed E-state index contributed by atoms with van der Waals surface area (Å²) in [6, 6.07) is -2.57. The summed E-state index contributed by atoms with van der Waals surface area (Å²) in [6.07, 6.45) is 42.1. The number of esters is 2. The van der Waals surface area contributed by atoms with Gasteiger partial charge in [-0.25, -0.2) is 4.79 Å². The Morgan fingerprint density at radius 2 is 0.732 bits per heavy atom. The Labute approximate surface area is 499 Å². The number of hydrogen-bond acceptors (Lipinski definition) is 12. The lowest BCUT2D eigenvalue weighted by atomic mass is 10.0. The van der Waals surface area contributed by atoms with Crippen LogP contribution in [0.1, 0.15) is 290 Å². The number of carbonyl (C=O) groups is 9. The van der Waals surface area contributed by atoms with Gasteiger partial charge >= 0.3 is 23.9 Å². The van der Waals surface area contributed by atoms with E-state index < -0.39 is 85.8 Å². The zero-order chi connectivity index (χ0) is 60.5. The number of aliphatic carboxylic acids is 2. The molecule has 0 aromatic carbocycles. The van der Waals surface area contributed by atoms with Gasteiger partial charge in [-0.05, 0) is 25.7 Å². The largest absolute Gasteiger partial charge is 0.481 e. The second-order valence-electron chi connectivity index (χ2n) is 22.4. The Morgan fingerprint density at radius 1 is 0.378 bits per heavy atom. The molecule has 0 spiro atoms. The van der Waals surface area contributed by atoms with Gasteiger partial charge in [-0.3, -0.25) is 38.4 Å². The van der Waals surface area contributed by atoms with Crippen LogP contribution in [0.25, 0.3) is 0 Å². The maximum atomic E-state index is 13.6. The summed E-state index contributed by atoms with van der Waals surface area (Å²) in [6.45, 7) is 4.76. The van der Waals surface area contributed by atoms with Crippen LogP contribution in [-0.2, 0) is 52.6 Å². The molecule has 0 saturated heterocycles. The summed E-state index contributed by atoms with van der Waals surface area (Å²) in [5.41, 5.74) is 0. The van der Waals surface area contributed by atoms with Crippen molar-refractivity contribution in [3.63, 3.8) is 0 Å².